The first-order valence-corrected chi connectivity index (χ1v) is 5.02. The first-order chi connectivity index (χ1) is 7.83. The van der Waals surface area contributed by atoms with Gasteiger partial charge >= 0.3 is 6.03 Å². The lowest BCUT2D eigenvalue weighted by atomic mass is 10.3. The molecule has 0 saturated carbocycles. The quantitative estimate of drug-likeness (QED) is 0.619. The Balaban J connectivity index is 2.12. The Morgan fingerprint density at radius 1 is 1.38 bits per heavy atom. The van der Waals surface area contributed by atoms with Crippen LogP contribution < -0.4 is 10.6 Å². The summed E-state index contributed by atoms with van der Waals surface area (Å²) in [5.41, 5.74) is 0.715. The number of anilines is 1. The second-order valence-corrected chi connectivity index (χ2v) is 3.01. The lowest BCUT2D eigenvalue weighted by Crippen LogP contribution is -2.31. The van der Waals surface area contributed by atoms with E-state index in [-0.39, 0.29) is 19.2 Å². The Labute approximate surface area is 94.4 Å². The van der Waals surface area contributed by atoms with E-state index in [1.165, 1.54) is 0 Å². The summed E-state index contributed by atoms with van der Waals surface area (Å²) in [7, 11) is 0. The van der Waals surface area contributed by atoms with Crippen LogP contribution in [-0.2, 0) is 4.74 Å². The van der Waals surface area contributed by atoms with E-state index in [4.69, 9.17) is 9.84 Å². The molecule has 0 spiro atoms. The van der Waals surface area contributed by atoms with Gasteiger partial charge in [0.25, 0.3) is 0 Å². The van der Waals surface area contributed by atoms with Crippen molar-refractivity contribution in [3.05, 3.63) is 30.3 Å². The zero-order valence-corrected chi connectivity index (χ0v) is 8.90. The molecule has 1 radical (unpaired) electrons. The minimum atomic E-state index is -0.279. The lowest BCUT2D eigenvalue weighted by molar-refractivity contribution is 0.0950. The molecule has 3 N–H and O–H groups in total. The van der Waals surface area contributed by atoms with Gasteiger partial charge in [-0.05, 0) is 18.2 Å². The van der Waals surface area contributed by atoms with Crippen LogP contribution >= 0.6 is 0 Å². The number of aliphatic hydroxyl groups is 1. The third-order valence-corrected chi connectivity index (χ3v) is 1.74. The number of benzene rings is 1. The minimum Gasteiger partial charge on any atom is -0.394 e. The van der Waals surface area contributed by atoms with Crippen molar-refractivity contribution in [3.63, 3.8) is 0 Å². The molecule has 0 bridgehead atoms. The molecule has 0 aliphatic heterocycles. The van der Waals surface area contributed by atoms with Crippen molar-refractivity contribution in [3.8, 4) is 0 Å². The number of nitrogens with one attached hydrogen (secondary N) is 2. The minimum absolute atomic E-state index is 0.00723. The number of rotatable bonds is 6. The molecule has 1 aromatic rings. The van der Waals surface area contributed by atoms with E-state index >= 15 is 0 Å². The summed E-state index contributed by atoms with van der Waals surface area (Å²) in [5, 5.41) is 13.7. The van der Waals surface area contributed by atoms with Crippen LogP contribution in [0.2, 0.25) is 0 Å². The standard InChI is InChI=1S/C11H15N2O3/c14-7-9-16-8-6-12-11(15)13-10-4-2-1-3-5-10/h2-5,14H,6-9H2,(H2,12,13,15). The van der Waals surface area contributed by atoms with Gasteiger partial charge < -0.3 is 20.5 Å². The summed E-state index contributed by atoms with van der Waals surface area (Å²) in [5.74, 6) is 0. The van der Waals surface area contributed by atoms with Gasteiger partial charge in [0.2, 0.25) is 0 Å². The number of aliphatic hydroxyl groups excluding tert-OH is 1. The summed E-state index contributed by atoms with van der Waals surface area (Å²) < 4.78 is 4.99. The van der Waals surface area contributed by atoms with Gasteiger partial charge in [0.15, 0.2) is 0 Å². The highest BCUT2D eigenvalue weighted by Gasteiger charge is 1.99. The molecular formula is C11H15N2O3. The molecule has 87 valence electrons. The zero-order valence-electron chi connectivity index (χ0n) is 8.90. The first-order valence-electron chi connectivity index (χ1n) is 5.02. The average Bonchev–Trinajstić information content (AvgIpc) is 2.30. The molecule has 0 aliphatic carbocycles. The molecule has 1 aromatic carbocycles. The number of carbonyl (C=O) groups excluding carboxylic acids is 1. The zero-order chi connectivity index (χ0) is 11.6. The molecule has 0 heterocycles. The highest BCUT2D eigenvalue weighted by molar-refractivity contribution is 5.89. The Morgan fingerprint density at radius 2 is 2.12 bits per heavy atom. The van der Waals surface area contributed by atoms with Gasteiger partial charge in [-0.3, -0.25) is 0 Å². The fourth-order valence-corrected chi connectivity index (χ4v) is 1.05. The molecule has 2 amide bonds. The van der Waals surface area contributed by atoms with Crippen molar-refractivity contribution in [1.29, 1.82) is 0 Å². The topological polar surface area (TPSA) is 70.6 Å². The van der Waals surface area contributed by atoms with Crippen molar-refractivity contribution in [1.82, 2.24) is 5.32 Å². The normalized spacial score (nSPS) is 9.81. The van der Waals surface area contributed by atoms with Crippen molar-refractivity contribution in [2.24, 2.45) is 0 Å². The van der Waals surface area contributed by atoms with Crippen molar-refractivity contribution in [2.75, 3.05) is 31.7 Å². The molecular weight excluding hydrogens is 208 g/mol. The number of urea groups is 1. The summed E-state index contributed by atoms with van der Waals surface area (Å²) >= 11 is 0. The van der Waals surface area contributed by atoms with E-state index in [1.807, 2.05) is 0 Å². The van der Waals surface area contributed by atoms with E-state index in [0.29, 0.717) is 18.8 Å². The summed E-state index contributed by atoms with van der Waals surface area (Å²) in [6.07, 6.45) is 0. The summed E-state index contributed by atoms with van der Waals surface area (Å²) in [4.78, 5) is 11.3. The van der Waals surface area contributed by atoms with Crippen LogP contribution in [0.5, 0.6) is 0 Å². The van der Waals surface area contributed by atoms with Crippen LogP contribution in [0.15, 0.2) is 24.3 Å². The largest absolute Gasteiger partial charge is 0.394 e. The van der Waals surface area contributed by atoms with Crippen LogP contribution in [0.3, 0.4) is 0 Å². The maximum Gasteiger partial charge on any atom is 0.319 e. The number of hydrogen-bond donors (Lipinski definition) is 3. The van der Waals surface area contributed by atoms with Crippen LogP contribution in [0, 0.1) is 6.07 Å². The molecule has 0 fully saturated rings. The van der Waals surface area contributed by atoms with Crippen LogP contribution in [-0.4, -0.2) is 37.5 Å². The molecule has 0 saturated heterocycles. The first kappa shape index (κ1) is 12.5. The number of ether oxygens (including phenoxy) is 1. The number of carbonyl (C=O) groups is 1. The molecule has 5 heteroatoms. The second-order valence-electron chi connectivity index (χ2n) is 3.01. The smallest absolute Gasteiger partial charge is 0.319 e. The second kappa shape index (κ2) is 7.67. The average molecular weight is 223 g/mol. The molecule has 0 unspecified atom stereocenters. The third-order valence-electron chi connectivity index (χ3n) is 1.74. The van der Waals surface area contributed by atoms with Crippen LogP contribution in [0.4, 0.5) is 10.5 Å². The monoisotopic (exact) mass is 223 g/mol. The van der Waals surface area contributed by atoms with Gasteiger partial charge in [-0.15, -0.1) is 0 Å². The van der Waals surface area contributed by atoms with Gasteiger partial charge in [-0.1, -0.05) is 12.1 Å². The van der Waals surface area contributed by atoms with Gasteiger partial charge in [-0.2, -0.15) is 0 Å². The molecule has 16 heavy (non-hydrogen) atoms. The SMILES string of the molecule is O=C(NCCOCCO)Nc1cc[c]cc1. The molecule has 0 aliphatic rings. The Morgan fingerprint density at radius 3 is 2.81 bits per heavy atom. The Bertz CT molecular complexity index is 303. The van der Waals surface area contributed by atoms with E-state index in [1.54, 1.807) is 24.3 Å². The van der Waals surface area contributed by atoms with Gasteiger partial charge in [0, 0.05) is 12.2 Å². The molecule has 1 rings (SSSR count). The van der Waals surface area contributed by atoms with E-state index in [2.05, 4.69) is 16.7 Å². The lowest BCUT2D eigenvalue weighted by Gasteiger charge is -2.07. The number of hydrogen-bond acceptors (Lipinski definition) is 3. The van der Waals surface area contributed by atoms with Gasteiger partial charge in [0.1, 0.15) is 0 Å². The van der Waals surface area contributed by atoms with Crippen LogP contribution in [0.1, 0.15) is 0 Å². The van der Waals surface area contributed by atoms with Crippen molar-refractivity contribution in [2.45, 2.75) is 0 Å². The van der Waals surface area contributed by atoms with Gasteiger partial charge in [-0.25, -0.2) is 4.79 Å². The Hall–Kier alpha value is -1.59. The highest BCUT2D eigenvalue weighted by atomic mass is 16.5. The fraction of sp³-hybridized carbons (Fsp3) is 0.364. The van der Waals surface area contributed by atoms with Crippen molar-refractivity contribution >= 4 is 11.7 Å². The predicted molar refractivity (Wildman–Crippen MR) is 60.2 cm³/mol. The van der Waals surface area contributed by atoms with E-state index < -0.39 is 0 Å². The predicted octanol–water partition coefficient (Wildman–Crippen LogP) is 0.617. The molecule has 0 atom stereocenters. The fourth-order valence-electron chi connectivity index (χ4n) is 1.05. The molecule has 5 nitrogen and oxygen atoms in total. The summed E-state index contributed by atoms with van der Waals surface area (Å²) in [6.45, 7) is 1.08. The number of amides is 2. The maximum atomic E-state index is 11.3. The van der Waals surface area contributed by atoms with Crippen LogP contribution in [0.25, 0.3) is 0 Å². The molecule has 0 aromatic heterocycles. The Kier molecular flexibility index (Phi) is 5.98. The third kappa shape index (κ3) is 5.33. The van der Waals surface area contributed by atoms with E-state index in [0.717, 1.165) is 0 Å². The van der Waals surface area contributed by atoms with Crippen molar-refractivity contribution < 1.29 is 14.6 Å². The highest BCUT2D eigenvalue weighted by Crippen LogP contribution is 2.03. The van der Waals surface area contributed by atoms with Gasteiger partial charge in [0.05, 0.1) is 19.8 Å². The summed E-state index contributed by atoms with van der Waals surface area (Å²) in [6, 6.07) is 9.53. The van der Waals surface area contributed by atoms with E-state index in [9.17, 15) is 4.79 Å². The maximum absolute atomic E-state index is 11.3.